The maximum absolute atomic E-state index is 12.2. The molecule has 0 radical (unpaired) electrons. The Morgan fingerprint density at radius 1 is 1.19 bits per heavy atom. The summed E-state index contributed by atoms with van der Waals surface area (Å²) in [5.74, 6) is -0.255. The molecule has 1 aromatic heterocycles. The number of sulfonamides is 1. The Morgan fingerprint density at radius 3 is 2.37 bits per heavy atom. The van der Waals surface area contributed by atoms with Crippen LogP contribution in [0.25, 0.3) is 6.08 Å². The molecule has 1 saturated carbocycles. The molecule has 144 valence electrons. The number of carbonyl (C=O) groups excluding carboxylic acids is 1. The quantitative estimate of drug-likeness (QED) is 0.773. The Hall–Kier alpha value is -2.38. The molecule has 1 heterocycles. The predicted molar refractivity (Wildman–Crippen MR) is 107 cm³/mol. The van der Waals surface area contributed by atoms with Crippen LogP contribution in [0.2, 0.25) is 0 Å². The molecule has 1 N–H and O–H groups in total. The molecule has 27 heavy (non-hydrogen) atoms. The van der Waals surface area contributed by atoms with Gasteiger partial charge in [-0.05, 0) is 68.7 Å². The maximum Gasteiger partial charge on any atom is 0.248 e. The molecule has 0 aliphatic heterocycles. The van der Waals surface area contributed by atoms with Crippen molar-refractivity contribution in [3.05, 3.63) is 53.4 Å². The van der Waals surface area contributed by atoms with Crippen molar-refractivity contribution in [2.24, 2.45) is 0 Å². The van der Waals surface area contributed by atoms with Crippen molar-refractivity contribution in [3.63, 3.8) is 0 Å². The minimum Gasteiger partial charge on any atom is -0.346 e. The SMILES string of the molecule is Cc1cc(/C=C/C(=O)Nc2ccc(S(=O)(=O)N(C)C)cc2)c(C)n1C1CC1. The summed E-state index contributed by atoms with van der Waals surface area (Å²) in [6.07, 6.45) is 5.77. The Morgan fingerprint density at radius 2 is 1.81 bits per heavy atom. The van der Waals surface area contributed by atoms with E-state index in [0.717, 1.165) is 9.87 Å². The summed E-state index contributed by atoms with van der Waals surface area (Å²) in [6, 6.07) is 8.84. The average molecular weight is 388 g/mol. The lowest BCUT2D eigenvalue weighted by Crippen LogP contribution is -2.22. The minimum atomic E-state index is -3.47. The molecule has 1 amide bonds. The van der Waals surface area contributed by atoms with Crippen molar-refractivity contribution >= 4 is 27.7 Å². The van der Waals surface area contributed by atoms with Gasteiger partial charge in [-0.25, -0.2) is 12.7 Å². The molecule has 0 atom stereocenters. The van der Waals surface area contributed by atoms with Crippen molar-refractivity contribution < 1.29 is 13.2 Å². The third-order valence-corrected chi connectivity index (χ3v) is 6.58. The normalized spacial score (nSPS) is 14.9. The highest BCUT2D eigenvalue weighted by Gasteiger charge is 2.26. The lowest BCUT2D eigenvalue weighted by molar-refractivity contribution is -0.111. The zero-order chi connectivity index (χ0) is 19.8. The molecule has 3 rings (SSSR count). The second-order valence-corrected chi connectivity index (χ2v) is 9.21. The largest absolute Gasteiger partial charge is 0.346 e. The van der Waals surface area contributed by atoms with E-state index in [1.165, 1.54) is 56.5 Å². The van der Waals surface area contributed by atoms with Gasteiger partial charge in [0.2, 0.25) is 15.9 Å². The fraction of sp³-hybridized carbons (Fsp3) is 0.350. The number of amides is 1. The van der Waals surface area contributed by atoms with Gasteiger partial charge in [0, 0.05) is 43.3 Å². The highest BCUT2D eigenvalue weighted by Crippen LogP contribution is 2.38. The first-order chi connectivity index (χ1) is 12.7. The van der Waals surface area contributed by atoms with Crippen molar-refractivity contribution in [3.8, 4) is 0 Å². The van der Waals surface area contributed by atoms with Gasteiger partial charge in [0.25, 0.3) is 0 Å². The molecule has 1 aliphatic rings. The number of benzene rings is 1. The summed E-state index contributed by atoms with van der Waals surface area (Å²) in [7, 11) is -0.508. The van der Waals surface area contributed by atoms with Crippen LogP contribution in [0.3, 0.4) is 0 Å². The molecule has 0 saturated heterocycles. The average Bonchev–Trinajstić information content (AvgIpc) is 3.39. The van der Waals surface area contributed by atoms with Crippen LogP contribution in [0.5, 0.6) is 0 Å². The van der Waals surface area contributed by atoms with E-state index < -0.39 is 10.0 Å². The summed E-state index contributed by atoms with van der Waals surface area (Å²) in [5.41, 5.74) is 3.98. The molecule has 1 aromatic carbocycles. The first-order valence-electron chi connectivity index (χ1n) is 8.90. The van der Waals surface area contributed by atoms with E-state index in [9.17, 15) is 13.2 Å². The topological polar surface area (TPSA) is 71.4 Å². The predicted octanol–water partition coefficient (Wildman–Crippen LogP) is 3.34. The number of nitrogens with one attached hydrogen (secondary N) is 1. The summed E-state index contributed by atoms with van der Waals surface area (Å²) >= 11 is 0. The summed E-state index contributed by atoms with van der Waals surface area (Å²) in [4.78, 5) is 12.4. The summed E-state index contributed by atoms with van der Waals surface area (Å²) in [5, 5.41) is 2.76. The van der Waals surface area contributed by atoms with Crippen LogP contribution in [0.15, 0.2) is 41.3 Å². The van der Waals surface area contributed by atoms with Gasteiger partial charge in [-0.1, -0.05) is 0 Å². The number of hydrogen-bond donors (Lipinski definition) is 1. The van der Waals surface area contributed by atoms with Crippen LogP contribution in [0.4, 0.5) is 5.69 Å². The van der Waals surface area contributed by atoms with Gasteiger partial charge >= 0.3 is 0 Å². The molecule has 2 aromatic rings. The third-order valence-electron chi connectivity index (χ3n) is 4.75. The van der Waals surface area contributed by atoms with Gasteiger partial charge in [-0.15, -0.1) is 0 Å². The van der Waals surface area contributed by atoms with Crippen LogP contribution in [-0.2, 0) is 14.8 Å². The van der Waals surface area contributed by atoms with E-state index in [2.05, 4.69) is 29.8 Å². The van der Waals surface area contributed by atoms with Crippen molar-refractivity contribution in [2.45, 2.75) is 37.6 Å². The molecular weight excluding hydrogens is 362 g/mol. The Balaban J connectivity index is 1.68. The lowest BCUT2D eigenvalue weighted by Gasteiger charge is -2.11. The van der Waals surface area contributed by atoms with Gasteiger partial charge in [0.15, 0.2) is 0 Å². The fourth-order valence-corrected chi connectivity index (χ4v) is 4.04. The fourth-order valence-electron chi connectivity index (χ4n) is 3.14. The van der Waals surface area contributed by atoms with Crippen molar-refractivity contribution in [1.29, 1.82) is 0 Å². The van der Waals surface area contributed by atoms with Gasteiger partial charge < -0.3 is 9.88 Å². The standard InChI is InChI=1S/C20H25N3O3S/c1-14-13-16(15(2)23(14)18-8-9-18)5-12-20(24)21-17-6-10-19(11-7-17)27(25,26)22(3)4/h5-7,10-13,18H,8-9H2,1-4H3,(H,21,24)/b12-5+. The maximum atomic E-state index is 12.2. The minimum absolute atomic E-state index is 0.188. The van der Waals surface area contributed by atoms with Crippen molar-refractivity contribution in [1.82, 2.24) is 8.87 Å². The molecule has 0 bridgehead atoms. The van der Waals surface area contributed by atoms with Gasteiger partial charge in [-0.2, -0.15) is 0 Å². The molecule has 1 aliphatic carbocycles. The van der Waals surface area contributed by atoms with Crippen LogP contribution in [-0.4, -0.2) is 37.3 Å². The van der Waals surface area contributed by atoms with Crippen LogP contribution in [0, 0.1) is 13.8 Å². The van der Waals surface area contributed by atoms with Gasteiger partial charge in [-0.3, -0.25) is 4.79 Å². The zero-order valence-corrected chi connectivity index (χ0v) is 16.9. The monoisotopic (exact) mass is 387 g/mol. The number of carbonyl (C=O) groups is 1. The van der Waals surface area contributed by atoms with Crippen molar-refractivity contribution in [2.75, 3.05) is 19.4 Å². The van der Waals surface area contributed by atoms with Crippen LogP contribution >= 0.6 is 0 Å². The number of rotatable bonds is 6. The third kappa shape index (κ3) is 4.14. The molecule has 7 heteroatoms. The van der Waals surface area contributed by atoms with Gasteiger partial charge in [0.05, 0.1) is 4.90 Å². The number of aromatic nitrogens is 1. The Bertz CT molecular complexity index is 982. The summed E-state index contributed by atoms with van der Waals surface area (Å²) in [6.45, 7) is 4.17. The number of aryl methyl sites for hydroxylation is 1. The van der Waals surface area contributed by atoms with Crippen LogP contribution < -0.4 is 5.32 Å². The molecule has 0 unspecified atom stereocenters. The number of hydrogen-bond acceptors (Lipinski definition) is 3. The smallest absolute Gasteiger partial charge is 0.248 e. The number of anilines is 1. The number of nitrogens with zero attached hydrogens (tertiary/aromatic N) is 2. The first-order valence-corrected chi connectivity index (χ1v) is 10.3. The molecule has 1 fully saturated rings. The molecule has 0 spiro atoms. The second kappa shape index (κ2) is 7.32. The van der Waals surface area contributed by atoms with E-state index in [1.807, 2.05) is 6.08 Å². The first kappa shape index (κ1) is 19.4. The lowest BCUT2D eigenvalue weighted by atomic mass is 10.2. The summed E-state index contributed by atoms with van der Waals surface area (Å²) < 4.78 is 27.6. The molecular formula is C20H25N3O3S. The molecule has 6 nitrogen and oxygen atoms in total. The van der Waals surface area contributed by atoms with Crippen LogP contribution in [0.1, 0.15) is 35.8 Å². The highest BCUT2D eigenvalue weighted by atomic mass is 32.2. The highest BCUT2D eigenvalue weighted by molar-refractivity contribution is 7.89. The van der Waals surface area contributed by atoms with E-state index >= 15 is 0 Å². The Labute approximate surface area is 160 Å². The van der Waals surface area contributed by atoms with E-state index in [4.69, 9.17) is 0 Å². The van der Waals surface area contributed by atoms with E-state index in [1.54, 1.807) is 12.1 Å². The second-order valence-electron chi connectivity index (χ2n) is 7.06. The zero-order valence-electron chi connectivity index (χ0n) is 16.1. The van der Waals surface area contributed by atoms with E-state index in [0.29, 0.717) is 11.7 Å². The van der Waals surface area contributed by atoms with Gasteiger partial charge in [0.1, 0.15) is 0 Å². The van der Waals surface area contributed by atoms with E-state index in [-0.39, 0.29) is 10.8 Å². The Kier molecular flexibility index (Phi) is 5.26.